The molecule has 1 amide bonds. The van der Waals surface area contributed by atoms with Gasteiger partial charge in [-0.15, -0.1) is 9.78 Å². The molecule has 96 valence electrons. The van der Waals surface area contributed by atoms with Crippen LogP contribution in [0.3, 0.4) is 0 Å². The fourth-order valence-corrected chi connectivity index (χ4v) is 1.12. The number of anilines is 1. The van der Waals surface area contributed by atoms with Gasteiger partial charge in [0.25, 0.3) is 0 Å². The van der Waals surface area contributed by atoms with E-state index >= 15 is 0 Å². The maximum Gasteiger partial charge on any atom is 0.374 e. The lowest BCUT2D eigenvalue weighted by Gasteiger charge is -2.27. The van der Waals surface area contributed by atoms with Gasteiger partial charge in [0.2, 0.25) is 5.95 Å². The summed E-state index contributed by atoms with van der Waals surface area (Å²) in [4.78, 5) is 23.5. The molecule has 1 rings (SSSR count). The van der Waals surface area contributed by atoms with E-state index in [4.69, 9.17) is 17.6 Å². The molecule has 0 aliphatic rings. The Kier molecular flexibility index (Phi) is 3.37. The molecule has 3 N–H and O–H groups in total. The lowest BCUT2D eigenvalue weighted by Crippen LogP contribution is -2.45. The van der Waals surface area contributed by atoms with E-state index in [2.05, 4.69) is 10.4 Å². The Balaban J connectivity index is 3.19. The zero-order valence-electron chi connectivity index (χ0n) is 10.1. The first-order chi connectivity index (χ1) is 7.70. The molecular formula is C8H15ClN6O2. The third kappa shape index (κ3) is 2.36. The Bertz CT molecular complexity index is 485. The number of aromatic nitrogens is 3. The van der Waals surface area contributed by atoms with Crippen LogP contribution in [0.4, 0.5) is 10.7 Å². The number of hydrogen-bond donors (Lipinski definition) is 2. The average Bonchev–Trinajstić information content (AvgIpc) is 2.52. The standard InChI is InChI=1S/C8H15ClN6O2/c1-8(2,3)15(9)7(17)14-6(16)13(10)5(11-4)12-14/h10H2,1-4H3,(H,11,12). The van der Waals surface area contributed by atoms with Crippen LogP contribution in [0.15, 0.2) is 4.79 Å². The number of carbonyl (C=O) groups excluding carboxylic acids is 1. The summed E-state index contributed by atoms with van der Waals surface area (Å²) in [6.45, 7) is 5.17. The Morgan fingerprint density at radius 3 is 2.41 bits per heavy atom. The highest BCUT2D eigenvalue weighted by Gasteiger charge is 2.29. The lowest BCUT2D eigenvalue weighted by atomic mass is 10.1. The zero-order chi connectivity index (χ0) is 13.4. The van der Waals surface area contributed by atoms with E-state index in [0.717, 1.165) is 9.10 Å². The number of nitrogens with zero attached hydrogens (tertiary/aromatic N) is 4. The highest BCUT2D eigenvalue weighted by molar-refractivity contribution is 6.21. The predicted molar refractivity (Wildman–Crippen MR) is 64.4 cm³/mol. The van der Waals surface area contributed by atoms with Crippen molar-refractivity contribution in [3.8, 4) is 0 Å². The second kappa shape index (κ2) is 4.28. The SMILES string of the molecule is CNc1nn(C(=O)N(Cl)C(C)(C)C)c(=O)n1N. The van der Waals surface area contributed by atoms with Crippen molar-refractivity contribution in [1.29, 1.82) is 0 Å². The first-order valence-electron chi connectivity index (χ1n) is 4.85. The van der Waals surface area contributed by atoms with Crippen LogP contribution in [0.25, 0.3) is 0 Å². The summed E-state index contributed by atoms with van der Waals surface area (Å²) in [5.74, 6) is 5.48. The van der Waals surface area contributed by atoms with Gasteiger partial charge in [-0.2, -0.15) is 4.68 Å². The summed E-state index contributed by atoms with van der Waals surface area (Å²) in [5.41, 5.74) is -1.41. The second-order valence-corrected chi connectivity index (χ2v) is 4.71. The van der Waals surface area contributed by atoms with Crippen molar-refractivity contribution in [2.24, 2.45) is 0 Å². The molecule has 0 saturated carbocycles. The molecule has 0 atom stereocenters. The minimum Gasteiger partial charge on any atom is -0.356 e. The summed E-state index contributed by atoms with van der Waals surface area (Å²) in [7, 11) is 1.53. The van der Waals surface area contributed by atoms with Crippen LogP contribution >= 0.6 is 11.8 Å². The number of nitrogens with two attached hydrogens (primary N) is 1. The van der Waals surface area contributed by atoms with Crippen LogP contribution in [0.2, 0.25) is 0 Å². The fraction of sp³-hybridized carbons (Fsp3) is 0.625. The van der Waals surface area contributed by atoms with Crippen LogP contribution in [0.5, 0.6) is 0 Å². The number of halogens is 1. The van der Waals surface area contributed by atoms with Gasteiger partial charge in [0.05, 0.1) is 5.54 Å². The van der Waals surface area contributed by atoms with Gasteiger partial charge in [-0.1, -0.05) is 0 Å². The molecule has 17 heavy (non-hydrogen) atoms. The number of carbonyl (C=O) groups is 1. The molecule has 0 aliphatic heterocycles. The van der Waals surface area contributed by atoms with Gasteiger partial charge in [0.15, 0.2) is 0 Å². The average molecular weight is 263 g/mol. The molecule has 0 unspecified atom stereocenters. The van der Waals surface area contributed by atoms with Crippen molar-refractivity contribution in [2.75, 3.05) is 18.2 Å². The van der Waals surface area contributed by atoms with Crippen LogP contribution in [0, 0.1) is 0 Å². The molecule has 1 aromatic rings. The Labute approximate surface area is 103 Å². The highest BCUT2D eigenvalue weighted by atomic mass is 35.5. The van der Waals surface area contributed by atoms with Gasteiger partial charge >= 0.3 is 11.7 Å². The number of nitrogen functional groups attached to an aromatic ring is 1. The van der Waals surface area contributed by atoms with Crippen molar-refractivity contribution < 1.29 is 4.79 Å². The molecular weight excluding hydrogens is 248 g/mol. The van der Waals surface area contributed by atoms with E-state index in [-0.39, 0.29) is 5.95 Å². The van der Waals surface area contributed by atoms with Gasteiger partial charge in [0.1, 0.15) is 0 Å². The molecule has 0 aliphatic carbocycles. The molecule has 0 radical (unpaired) electrons. The minimum absolute atomic E-state index is 0.0716. The van der Waals surface area contributed by atoms with E-state index < -0.39 is 17.3 Å². The Morgan fingerprint density at radius 2 is 2.06 bits per heavy atom. The maximum atomic E-state index is 11.9. The number of rotatable bonds is 1. The first kappa shape index (κ1) is 13.4. The summed E-state index contributed by atoms with van der Waals surface area (Å²) in [6, 6.07) is -0.759. The second-order valence-electron chi connectivity index (χ2n) is 4.37. The topological polar surface area (TPSA) is 98.2 Å². The molecule has 0 saturated heterocycles. The van der Waals surface area contributed by atoms with Gasteiger partial charge in [-0.25, -0.2) is 14.0 Å². The monoisotopic (exact) mass is 262 g/mol. The normalized spacial score (nSPS) is 11.4. The summed E-state index contributed by atoms with van der Waals surface area (Å²) in [6.07, 6.45) is 0. The van der Waals surface area contributed by atoms with E-state index in [9.17, 15) is 9.59 Å². The van der Waals surface area contributed by atoms with Crippen molar-refractivity contribution in [1.82, 2.24) is 18.9 Å². The molecule has 9 heteroatoms. The number of hydrogen-bond acceptors (Lipinski definition) is 5. The van der Waals surface area contributed by atoms with Crippen molar-refractivity contribution in [3.63, 3.8) is 0 Å². The largest absolute Gasteiger partial charge is 0.374 e. The maximum absolute atomic E-state index is 11.9. The molecule has 0 aromatic carbocycles. The van der Waals surface area contributed by atoms with Crippen molar-refractivity contribution in [2.45, 2.75) is 26.3 Å². The van der Waals surface area contributed by atoms with Crippen LogP contribution < -0.4 is 16.8 Å². The summed E-state index contributed by atoms with van der Waals surface area (Å²) >= 11 is 5.83. The molecule has 0 spiro atoms. The van der Waals surface area contributed by atoms with Gasteiger partial charge in [0, 0.05) is 18.8 Å². The number of nitrogens with one attached hydrogen (secondary N) is 1. The predicted octanol–water partition coefficient (Wildman–Crippen LogP) is 0.0227. The van der Waals surface area contributed by atoms with E-state index in [1.807, 2.05) is 0 Å². The van der Waals surface area contributed by atoms with Crippen molar-refractivity contribution >= 4 is 23.8 Å². The third-order valence-electron chi connectivity index (χ3n) is 1.97. The van der Waals surface area contributed by atoms with Gasteiger partial charge in [-0.3, -0.25) is 0 Å². The molecule has 8 nitrogen and oxygen atoms in total. The Morgan fingerprint density at radius 1 is 1.53 bits per heavy atom. The Hall–Kier alpha value is -1.70. The number of amides is 1. The quantitative estimate of drug-likeness (QED) is 0.549. The van der Waals surface area contributed by atoms with Crippen molar-refractivity contribution in [3.05, 3.63) is 10.5 Å². The molecule has 1 aromatic heterocycles. The summed E-state index contributed by atoms with van der Waals surface area (Å²) in [5, 5.41) is 6.30. The van der Waals surface area contributed by atoms with E-state index in [0.29, 0.717) is 4.68 Å². The third-order valence-corrected chi connectivity index (χ3v) is 2.62. The minimum atomic E-state index is -0.769. The fourth-order valence-electron chi connectivity index (χ4n) is 1.04. The van der Waals surface area contributed by atoms with Gasteiger partial charge in [-0.05, 0) is 20.8 Å². The van der Waals surface area contributed by atoms with Crippen LogP contribution in [-0.2, 0) is 0 Å². The molecule has 0 fully saturated rings. The highest BCUT2D eigenvalue weighted by Crippen LogP contribution is 2.16. The van der Waals surface area contributed by atoms with E-state index in [1.54, 1.807) is 20.8 Å². The van der Waals surface area contributed by atoms with Crippen LogP contribution in [0.1, 0.15) is 20.8 Å². The van der Waals surface area contributed by atoms with Crippen LogP contribution in [-0.4, -0.2) is 37.5 Å². The zero-order valence-corrected chi connectivity index (χ0v) is 10.8. The summed E-state index contributed by atoms with van der Waals surface area (Å²) < 4.78 is 2.22. The lowest BCUT2D eigenvalue weighted by molar-refractivity contribution is 0.196. The van der Waals surface area contributed by atoms with Gasteiger partial charge < -0.3 is 11.2 Å². The molecule has 1 heterocycles. The van der Waals surface area contributed by atoms with E-state index in [1.165, 1.54) is 7.05 Å². The smallest absolute Gasteiger partial charge is 0.356 e. The first-order valence-corrected chi connectivity index (χ1v) is 5.19. The molecule has 0 bridgehead atoms.